The minimum absolute atomic E-state index is 0. The van der Waals surface area contributed by atoms with E-state index in [0.29, 0.717) is 0 Å². The third-order valence-corrected chi connectivity index (χ3v) is 0.476. The Bertz CT molecular complexity index is 180. The molecule has 70 valence electrons. The molecule has 0 bridgehead atoms. The van der Waals surface area contributed by atoms with Crippen molar-refractivity contribution in [3.63, 3.8) is 0 Å². The van der Waals surface area contributed by atoms with Gasteiger partial charge in [-0.2, -0.15) is 26.3 Å². The van der Waals surface area contributed by atoms with Gasteiger partial charge in [-0.25, -0.2) is 0 Å². The Kier molecular flexibility index (Phi) is 6.11. The Labute approximate surface area is 62.0 Å². The second-order valence-electron chi connectivity index (χ2n) is 1.17. The molecule has 0 aliphatic heterocycles. The molecule has 0 aliphatic carbocycles. The van der Waals surface area contributed by atoms with Crippen LogP contribution < -0.4 is 0 Å². The van der Waals surface area contributed by atoms with E-state index in [1.54, 1.807) is 0 Å². The van der Waals surface area contributed by atoms with E-state index in [2.05, 4.69) is 4.74 Å². The molecule has 0 aromatic heterocycles. The van der Waals surface area contributed by atoms with Crippen molar-refractivity contribution >= 4 is 0 Å². The first-order valence-electron chi connectivity index (χ1n) is 2.04. The lowest BCUT2D eigenvalue weighted by Gasteiger charge is -1.94. The second kappa shape index (κ2) is 5.47. The van der Waals surface area contributed by atoms with Crippen molar-refractivity contribution in [2.24, 2.45) is 0 Å². The molecule has 0 spiro atoms. The summed E-state index contributed by atoms with van der Waals surface area (Å²) in [4.78, 5) is 0. The Morgan fingerprint density at radius 2 is 0.917 bits per heavy atom. The summed E-state index contributed by atoms with van der Waals surface area (Å²) in [7, 11) is 0. The van der Waals surface area contributed by atoms with Crippen LogP contribution in [0.15, 0.2) is 24.2 Å². The highest BCUT2D eigenvalue weighted by Crippen LogP contribution is 2.19. The average molecular weight is 194 g/mol. The topological polar surface area (TPSA) is 37.7 Å². The van der Waals surface area contributed by atoms with Gasteiger partial charge in [0.05, 0.1) is 0 Å². The van der Waals surface area contributed by atoms with Crippen LogP contribution in [-0.2, 0) is 10.2 Å². The van der Waals surface area contributed by atoms with Crippen molar-refractivity contribution in [1.82, 2.24) is 0 Å². The summed E-state index contributed by atoms with van der Waals surface area (Å²) in [6.07, 6.45) is -6.03. The van der Waals surface area contributed by atoms with E-state index >= 15 is 0 Å². The molecule has 0 unspecified atom stereocenters. The Balaban J connectivity index is 0. The SMILES string of the molecule is FC(F)=C(F)OC(F)=C(F)F.[O]. The average Bonchev–Trinajstić information content (AvgIpc) is 1.87. The van der Waals surface area contributed by atoms with Gasteiger partial charge in [-0.05, 0) is 0 Å². The molecule has 0 aromatic carbocycles. The Morgan fingerprint density at radius 3 is 1.08 bits per heavy atom. The summed E-state index contributed by atoms with van der Waals surface area (Å²) in [5.41, 5.74) is 0. The molecule has 0 saturated carbocycles. The summed E-state index contributed by atoms with van der Waals surface area (Å²) >= 11 is 0. The minimum atomic E-state index is -3.01. The molecule has 0 N–H and O–H groups in total. The molecule has 12 heavy (non-hydrogen) atoms. The van der Waals surface area contributed by atoms with Crippen LogP contribution in [0.1, 0.15) is 0 Å². The van der Waals surface area contributed by atoms with Gasteiger partial charge in [0, 0.05) is 5.48 Å². The first kappa shape index (κ1) is 13.4. The van der Waals surface area contributed by atoms with Crippen LogP contribution in [0.25, 0.3) is 0 Å². The Morgan fingerprint density at radius 1 is 0.667 bits per heavy atom. The van der Waals surface area contributed by atoms with E-state index in [1.165, 1.54) is 0 Å². The summed E-state index contributed by atoms with van der Waals surface area (Å²) in [6.45, 7) is 0. The third-order valence-electron chi connectivity index (χ3n) is 0.476. The number of hydrogen-bond donors (Lipinski definition) is 0. The monoisotopic (exact) mass is 194 g/mol. The molecule has 0 rings (SSSR count). The lowest BCUT2D eigenvalue weighted by molar-refractivity contribution is 0.109. The lowest BCUT2D eigenvalue weighted by Crippen LogP contribution is -1.85. The van der Waals surface area contributed by atoms with Crippen LogP contribution in [0.4, 0.5) is 26.3 Å². The maximum absolute atomic E-state index is 11.4. The van der Waals surface area contributed by atoms with E-state index in [4.69, 9.17) is 0 Å². The fraction of sp³-hybridized carbons (Fsp3) is 0. The van der Waals surface area contributed by atoms with Crippen LogP contribution in [0.2, 0.25) is 0 Å². The maximum Gasteiger partial charge on any atom is 0.346 e. The first-order chi connectivity index (χ1) is 4.95. The van der Waals surface area contributed by atoms with Crippen molar-refractivity contribution in [1.29, 1.82) is 0 Å². The van der Waals surface area contributed by atoms with Crippen molar-refractivity contribution < 1.29 is 36.6 Å². The fourth-order valence-electron chi connectivity index (χ4n) is 0.156. The van der Waals surface area contributed by atoms with Crippen molar-refractivity contribution in [2.45, 2.75) is 0 Å². The Hall–Kier alpha value is -1.18. The lowest BCUT2D eigenvalue weighted by atomic mass is 10.9. The van der Waals surface area contributed by atoms with Gasteiger partial charge in [0.25, 0.3) is 0 Å². The molecule has 8 heteroatoms. The van der Waals surface area contributed by atoms with Gasteiger partial charge in [-0.15, -0.1) is 0 Å². The molecule has 0 fully saturated rings. The molecular weight excluding hydrogens is 194 g/mol. The summed E-state index contributed by atoms with van der Waals surface area (Å²) in [5.74, 6) is 0. The molecule has 0 saturated heterocycles. The van der Waals surface area contributed by atoms with E-state index in [9.17, 15) is 26.3 Å². The molecular formula is C4F6O2. The van der Waals surface area contributed by atoms with Gasteiger partial charge in [0.15, 0.2) is 0 Å². The highest BCUT2D eigenvalue weighted by molar-refractivity contribution is 4.90. The maximum atomic E-state index is 11.4. The smallest absolute Gasteiger partial charge is 0.346 e. The summed E-state index contributed by atoms with van der Waals surface area (Å²) in [5, 5.41) is 0. The van der Waals surface area contributed by atoms with Crippen molar-refractivity contribution in [3.8, 4) is 0 Å². The van der Waals surface area contributed by atoms with Crippen LogP contribution in [0.5, 0.6) is 0 Å². The first-order valence-corrected chi connectivity index (χ1v) is 2.04. The highest BCUT2D eigenvalue weighted by Gasteiger charge is 2.13. The van der Waals surface area contributed by atoms with Gasteiger partial charge in [0.2, 0.25) is 0 Å². The van der Waals surface area contributed by atoms with Crippen LogP contribution in [0, 0.1) is 0 Å². The zero-order chi connectivity index (χ0) is 9.02. The zero-order valence-corrected chi connectivity index (χ0v) is 5.08. The quantitative estimate of drug-likeness (QED) is 0.491. The van der Waals surface area contributed by atoms with E-state index in [-0.39, 0.29) is 5.48 Å². The van der Waals surface area contributed by atoms with Gasteiger partial charge >= 0.3 is 24.2 Å². The molecule has 2 nitrogen and oxygen atoms in total. The molecule has 0 amide bonds. The number of halogens is 6. The predicted molar refractivity (Wildman–Crippen MR) is 22.5 cm³/mol. The molecule has 0 aliphatic rings. The number of ether oxygens (including phenoxy) is 1. The zero-order valence-electron chi connectivity index (χ0n) is 5.08. The largest absolute Gasteiger partial charge is 0.396 e. The molecule has 0 atom stereocenters. The van der Waals surface area contributed by atoms with Crippen molar-refractivity contribution in [2.75, 3.05) is 0 Å². The van der Waals surface area contributed by atoms with Crippen LogP contribution in [-0.4, -0.2) is 0 Å². The predicted octanol–water partition coefficient (Wildman–Crippen LogP) is 2.95. The fourth-order valence-corrected chi connectivity index (χ4v) is 0.156. The van der Waals surface area contributed by atoms with Crippen molar-refractivity contribution in [3.05, 3.63) is 24.2 Å². The summed E-state index contributed by atoms with van der Waals surface area (Å²) in [6, 6.07) is -5.37. The normalized spacial score (nSPS) is 8.17. The minimum Gasteiger partial charge on any atom is -0.396 e. The number of rotatable bonds is 2. The highest BCUT2D eigenvalue weighted by atomic mass is 19.3. The third kappa shape index (κ3) is 4.61. The van der Waals surface area contributed by atoms with Crippen LogP contribution in [0.3, 0.4) is 0 Å². The van der Waals surface area contributed by atoms with E-state index in [1.807, 2.05) is 0 Å². The summed E-state index contributed by atoms with van der Waals surface area (Å²) < 4.78 is 69.6. The van der Waals surface area contributed by atoms with E-state index < -0.39 is 24.2 Å². The molecule has 0 heterocycles. The number of hydrogen-bond acceptors (Lipinski definition) is 1. The van der Waals surface area contributed by atoms with Gasteiger partial charge in [-0.1, -0.05) is 0 Å². The van der Waals surface area contributed by atoms with Crippen LogP contribution >= 0.6 is 0 Å². The molecule has 0 aromatic rings. The van der Waals surface area contributed by atoms with Gasteiger partial charge < -0.3 is 4.74 Å². The van der Waals surface area contributed by atoms with Gasteiger partial charge in [0.1, 0.15) is 0 Å². The molecule has 2 radical (unpaired) electrons. The second-order valence-corrected chi connectivity index (χ2v) is 1.17. The van der Waals surface area contributed by atoms with Gasteiger partial charge in [-0.3, -0.25) is 0 Å². The standard InChI is InChI=1S/C4F6O.O/c5-1(6)3(9)11-4(10)2(7)8;. The van der Waals surface area contributed by atoms with E-state index in [0.717, 1.165) is 0 Å².